The summed E-state index contributed by atoms with van der Waals surface area (Å²) in [7, 11) is 0. The van der Waals surface area contributed by atoms with Crippen LogP contribution in [0.2, 0.25) is 0 Å². The number of benzene rings is 1. The van der Waals surface area contributed by atoms with Gasteiger partial charge in [0.05, 0.1) is 6.10 Å². The molecule has 76 valence electrons. The van der Waals surface area contributed by atoms with E-state index in [9.17, 15) is 5.11 Å². The van der Waals surface area contributed by atoms with E-state index in [4.69, 9.17) is 4.74 Å². The van der Waals surface area contributed by atoms with Crippen molar-refractivity contribution in [3.05, 3.63) is 29.8 Å². The monoisotopic (exact) mass is 192 g/mol. The number of ether oxygens (including phenoxy) is 1. The molecule has 0 bridgehead atoms. The maximum atomic E-state index is 9.90. The van der Waals surface area contributed by atoms with Crippen LogP contribution >= 0.6 is 0 Å². The van der Waals surface area contributed by atoms with Crippen LogP contribution in [0.5, 0.6) is 5.75 Å². The Hall–Kier alpha value is -1.02. The van der Waals surface area contributed by atoms with Crippen LogP contribution in [0.4, 0.5) is 0 Å². The van der Waals surface area contributed by atoms with Gasteiger partial charge in [-0.25, -0.2) is 0 Å². The van der Waals surface area contributed by atoms with Crippen LogP contribution in [-0.4, -0.2) is 11.2 Å². The molecule has 0 aromatic heterocycles. The van der Waals surface area contributed by atoms with Gasteiger partial charge < -0.3 is 9.84 Å². The van der Waals surface area contributed by atoms with Crippen LogP contribution in [-0.2, 0) is 0 Å². The molecule has 0 spiro atoms. The largest absolute Gasteiger partial charge is 0.490 e. The van der Waals surface area contributed by atoms with Gasteiger partial charge in [0, 0.05) is 12.0 Å². The van der Waals surface area contributed by atoms with Gasteiger partial charge in [-0.05, 0) is 12.0 Å². The van der Waals surface area contributed by atoms with E-state index < -0.39 is 0 Å². The number of aliphatic hydroxyl groups excluding tert-OH is 1. The second-order valence-corrected chi connectivity index (χ2v) is 4.19. The summed E-state index contributed by atoms with van der Waals surface area (Å²) in [4.78, 5) is 0. The number of hydrogen-bond donors (Lipinski definition) is 1. The van der Waals surface area contributed by atoms with E-state index in [1.165, 1.54) is 0 Å². The van der Waals surface area contributed by atoms with E-state index in [2.05, 4.69) is 13.8 Å². The van der Waals surface area contributed by atoms with Crippen molar-refractivity contribution in [2.24, 2.45) is 5.92 Å². The highest BCUT2D eigenvalue weighted by atomic mass is 16.5. The molecule has 2 heteroatoms. The van der Waals surface area contributed by atoms with E-state index >= 15 is 0 Å². The first kappa shape index (κ1) is 9.53. The molecule has 0 amide bonds. The number of hydrogen-bond acceptors (Lipinski definition) is 2. The Morgan fingerprint density at radius 3 is 2.79 bits per heavy atom. The quantitative estimate of drug-likeness (QED) is 0.741. The SMILES string of the molecule is CC(C)C1C[C@H](O)c2ccccc2O1. The second kappa shape index (κ2) is 3.62. The second-order valence-electron chi connectivity index (χ2n) is 4.19. The Labute approximate surface area is 84.5 Å². The Morgan fingerprint density at radius 2 is 2.07 bits per heavy atom. The molecule has 2 nitrogen and oxygen atoms in total. The first-order valence-electron chi connectivity index (χ1n) is 5.12. The van der Waals surface area contributed by atoms with Crippen LogP contribution in [0.15, 0.2) is 24.3 Å². The first-order chi connectivity index (χ1) is 6.68. The summed E-state index contributed by atoms with van der Waals surface area (Å²) in [6.07, 6.45) is 0.474. The molecule has 1 N–H and O–H groups in total. The fraction of sp³-hybridized carbons (Fsp3) is 0.500. The van der Waals surface area contributed by atoms with Crippen molar-refractivity contribution in [2.75, 3.05) is 0 Å². The summed E-state index contributed by atoms with van der Waals surface area (Å²) in [5.41, 5.74) is 0.921. The minimum absolute atomic E-state index is 0.139. The van der Waals surface area contributed by atoms with Gasteiger partial charge in [0.1, 0.15) is 11.9 Å². The number of para-hydroxylation sites is 1. The fourth-order valence-electron chi connectivity index (χ4n) is 1.83. The molecule has 0 aliphatic carbocycles. The summed E-state index contributed by atoms with van der Waals surface area (Å²) in [5, 5.41) is 9.90. The molecule has 14 heavy (non-hydrogen) atoms. The highest BCUT2D eigenvalue weighted by Gasteiger charge is 2.28. The molecule has 0 fully saturated rings. The van der Waals surface area contributed by atoms with Crippen LogP contribution in [0, 0.1) is 5.92 Å². The molecule has 2 rings (SSSR count). The Bertz CT molecular complexity index is 320. The lowest BCUT2D eigenvalue weighted by molar-refractivity contribution is 0.0427. The molecule has 2 atom stereocenters. The molecular weight excluding hydrogens is 176 g/mol. The van der Waals surface area contributed by atoms with Crippen LogP contribution < -0.4 is 4.74 Å². The fourth-order valence-corrected chi connectivity index (χ4v) is 1.83. The molecule has 1 aromatic carbocycles. The summed E-state index contributed by atoms with van der Waals surface area (Å²) in [5.74, 6) is 1.28. The van der Waals surface area contributed by atoms with Crippen molar-refractivity contribution in [3.63, 3.8) is 0 Å². The summed E-state index contributed by atoms with van der Waals surface area (Å²) in [6, 6.07) is 7.72. The van der Waals surface area contributed by atoms with E-state index in [0.29, 0.717) is 12.3 Å². The third kappa shape index (κ3) is 1.62. The van der Waals surface area contributed by atoms with Gasteiger partial charge in [-0.2, -0.15) is 0 Å². The van der Waals surface area contributed by atoms with Crippen molar-refractivity contribution in [3.8, 4) is 5.75 Å². The van der Waals surface area contributed by atoms with E-state index in [0.717, 1.165) is 11.3 Å². The lowest BCUT2D eigenvalue weighted by atomic mass is 9.93. The Balaban J connectivity index is 2.29. The summed E-state index contributed by atoms with van der Waals surface area (Å²) < 4.78 is 5.80. The number of rotatable bonds is 1. The summed E-state index contributed by atoms with van der Waals surface area (Å²) >= 11 is 0. The van der Waals surface area contributed by atoms with Crippen molar-refractivity contribution in [1.29, 1.82) is 0 Å². The van der Waals surface area contributed by atoms with Gasteiger partial charge in [-0.15, -0.1) is 0 Å². The Morgan fingerprint density at radius 1 is 1.36 bits per heavy atom. The van der Waals surface area contributed by atoms with Crippen LogP contribution in [0.3, 0.4) is 0 Å². The predicted octanol–water partition coefficient (Wildman–Crippen LogP) is 2.53. The third-order valence-electron chi connectivity index (χ3n) is 2.76. The average molecular weight is 192 g/mol. The normalized spacial score (nSPS) is 25.7. The van der Waals surface area contributed by atoms with E-state index in [-0.39, 0.29) is 12.2 Å². The molecule has 1 aromatic rings. The molecule has 0 radical (unpaired) electrons. The highest BCUT2D eigenvalue weighted by molar-refractivity contribution is 5.36. The van der Waals surface area contributed by atoms with Gasteiger partial charge >= 0.3 is 0 Å². The molecule has 0 saturated carbocycles. The molecule has 1 unspecified atom stereocenters. The van der Waals surface area contributed by atoms with E-state index in [1.807, 2.05) is 24.3 Å². The van der Waals surface area contributed by atoms with Gasteiger partial charge in [-0.3, -0.25) is 0 Å². The first-order valence-corrected chi connectivity index (χ1v) is 5.12. The predicted molar refractivity (Wildman–Crippen MR) is 55.3 cm³/mol. The average Bonchev–Trinajstić information content (AvgIpc) is 2.17. The molecular formula is C12H16O2. The number of aliphatic hydroxyl groups is 1. The standard InChI is InChI=1S/C12H16O2/c1-8(2)12-7-10(13)9-5-3-4-6-11(9)14-12/h3-6,8,10,12-13H,7H2,1-2H3/t10-,12?/m0/s1. The van der Waals surface area contributed by atoms with Crippen molar-refractivity contribution >= 4 is 0 Å². The van der Waals surface area contributed by atoms with Crippen LogP contribution in [0.25, 0.3) is 0 Å². The molecule has 1 aliphatic heterocycles. The molecule has 1 aliphatic rings. The smallest absolute Gasteiger partial charge is 0.125 e. The molecule has 1 heterocycles. The minimum atomic E-state index is -0.368. The van der Waals surface area contributed by atoms with Crippen LogP contribution in [0.1, 0.15) is 31.9 Å². The zero-order chi connectivity index (χ0) is 10.1. The molecule has 0 saturated heterocycles. The van der Waals surface area contributed by atoms with Gasteiger partial charge in [0.15, 0.2) is 0 Å². The maximum Gasteiger partial charge on any atom is 0.125 e. The van der Waals surface area contributed by atoms with Crippen molar-refractivity contribution in [1.82, 2.24) is 0 Å². The lowest BCUT2D eigenvalue weighted by Crippen LogP contribution is -2.30. The zero-order valence-electron chi connectivity index (χ0n) is 8.60. The van der Waals surface area contributed by atoms with Crippen molar-refractivity contribution < 1.29 is 9.84 Å². The number of fused-ring (bicyclic) bond motifs is 1. The zero-order valence-corrected chi connectivity index (χ0v) is 8.60. The third-order valence-corrected chi connectivity index (χ3v) is 2.76. The highest BCUT2D eigenvalue weighted by Crippen LogP contribution is 2.36. The minimum Gasteiger partial charge on any atom is -0.490 e. The van der Waals surface area contributed by atoms with Gasteiger partial charge in [0.25, 0.3) is 0 Å². The van der Waals surface area contributed by atoms with Gasteiger partial charge in [-0.1, -0.05) is 32.0 Å². The maximum absolute atomic E-state index is 9.90. The van der Waals surface area contributed by atoms with E-state index in [1.54, 1.807) is 0 Å². The topological polar surface area (TPSA) is 29.5 Å². The lowest BCUT2D eigenvalue weighted by Gasteiger charge is -2.31. The van der Waals surface area contributed by atoms with Crippen molar-refractivity contribution in [2.45, 2.75) is 32.5 Å². The Kier molecular flexibility index (Phi) is 2.46. The summed E-state index contributed by atoms with van der Waals surface area (Å²) in [6.45, 7) is 4.23. The van der Waals surface area contributed by atoms with Gasteiger partial charge in [0.2, 0.25) is 0 Å².